The fourth-order valence-electron chi connectivity index (χ4n) is 1.66. The van der Waals surface area contributed by atoms with E-state index >= 15 is 0 Å². The third-order valence-corrected chi connectivity index (χ3v) is 2.63. The van der Waals surface area contributed by atoms with E-state index in [1.165, 1.54) is 5.56 Å². The quantitative estimate of drug-likeness (QED) is 0.822. The second-order valence-electron chi connectivity index (χ2n) is 3.74. The molecule has 0 amide bonds. The van der Waals surface area contributed by atoms with Gasteiger partial charge in [-0.05, 0) is 16.7 Å². The van der Waals surface area contributed by atoms with Crippen molar-refractivity contribution in [2.24, 2.45) is 5.73 Å². The zero-order valence-electron chi connectivity index (χ0n) is 9.01. The smallest absolute Gasteiger partial charge is 0.0912 e. The number of aliphatic hydroxyl groups excluding tert-OH is 1. The third kappa shape index (κ3) is 2.30. The minimum absolute atomic E-state index is 0.255. The maximum atomic E-state index is 9.57. The highest BCUT2D eigenvalue weighted by atomic mass is 16.3. The summed E-state index contributed by atoms with van der Waals surface area (Å²) in [4.78, 5) is 0. The Morgan fingerprint density at radius 3 is 2.00 bits per heavy atom. The van der Waals surface area contributed by atoms with E-state index < -0.39 is 6.10 Å². The van der Waals surface area contributed by atoms with Gasteiger partial charge in [0.25, 0.3) is 0 Å². The summed E-state index contributed by atoms with van der Waals surface area (Å²) in [5, 5.41) is 9.57. The van der Waals surface area contributed by atoms with E-state index in [2.05, 4.69) is 12.1 Å². The molecule has 2 aromatic carbocycles. The van der Waals surface area contributed by atoms with Gasteiger partial charge in [-0.3, -0.25) is 0 Å². The molecule has 0 heterocycles. The Bertz CT molecular complexity index is 436. The molecule has 1 atom stereocenters. The molecule has 0 aliphatic heterocycles. The fraction of sp³-hybridized carbons (Fsp3) is 0.143. The second-order valence-corrected chi connectivity index (χ2v) is 3.74. The zero-order valence-corrected chi connectivity index (χ0v) is 9.01. The summed E-state index contributed by atoms with van der Waals surface area (Å²) in [5.74, 6) is 0. The summed E-state index contributed by atoms with van der Waals surface area (Å²) in [6, 6.07) is 18.0. The average Bonchev–Trinajstić information content (AvgIpc) is 2.39. The van der Waals surface area contributed by atoms with Crippen LogP contribution in [-0.4, -0.2) is 11.7 Å². The number of aliphatic hydroxyl groups is 1. The van der Waals surface area contributed by atoms with Crippen molar-refractivity contribution in [3.8, 4) is 11.1 Å². The van der Waals surface area contributed by atoms with Crippen LogP contribution in [0.3, 0.4) is 0 Å². The molecule has 0 radical (unpaired) electrons. The normalized spacial score (nSPS) is 12.4. The van der Waals surface area contributed by atoms with Gasteiger partial charge in [-0.2, -0.15) is 0 Å². The molecule has 0 bridgehead atoms. The van der Waals surface area contributed by atoms with Crippen molar-refractivity contribution in [3.05, 3.63) is 60.2 Å². The van der Waals surface area contributed by atoms with Crippen molar-refractivity contribution in [1.29, 1.82) is 0 Å². The number of benzene rings is 2. The lowest BCUT2D eigenvalue weighted by Crippen LogP contribution is -2.11. The molecule has 0 aromatic heterocycles. The molecule has 0 aliphatic rings. The van der Waals surface area contributed by atoms with E-state index in [1.54, 1.807) is 0 Å². The van der Waals surface area contributed by atoms with E-state index in [0.29, 0.717) is 0 Å². The van der Waals surface area contributed by atoms with Crippen LogP contribution in [0.1, 0.15) is 11.7 Å². The molecule has 16 heavy (non-hydrogen) atoms. The van der Waals surface area contributed by atoms with E-state index in [0.717, 1.165) is 11.1 Å². The van der Waals surface area contributed by atoms with E-state index in [-0.39, 0.29) is 6.54 Å². The molecule has 1 unspecified atom stereocenters. The van der Waals surface area contributed by atoms with Gasteiger partial charge in [0.2, 0.25) is 0 Å². The first kappa shape index (κ1) is 10.9. The van der Waals surface area contributed by atoms with Crippen molar-refractivity contribution in [1.82, 2.24) is 0 Å². The summed E-state index contributed by atoms with van der Waals surface area (Å²) < 4.78 is 0. The van der Waals surface area contributed by atoms with Crippen molar-refractivity contribution < 1.29 is 5.11 Å². The van der Waals surface area contributed by atoms with Crippen LogP contribution >= 0.6 is 0 Å². The molecule has 0 saturated carbocycles. The molecule has 2 heteroatoms. The van der Waals surface area contributed by atoms with Gasteiger partial charge in [0.1, 0.15) is 0 Å². The molecule has 0 saturated heterocycles. The Kier molecular flexibility index (Phi) is 3.34. The summed E-state index contributed by atoms with van der Waals surface area (Å²) in [6.45, 7) is 0.255. The topological polar surface area (TPSA) is 46.2 Å². The number of hydrogen-bond donors (Lipinski definition) is 2. The van der Waals surface area contributed by atoms with E-state index in [4.69, 9.17) is 5.73 Å². The lowest BCUT2D eigenvalue weighted by Gasteiger charge is -2.08. The van der Waals surface area contributed by atoms with Gasteiger partial charge in [-0.1, -0.05) is 54.6 Å². The third-order valence-electron chi connectivity index (χ3n) is 2.63. The monoisotopic (exact) mass is 213 g/mol. The zero-order chi connectivity index (χ0) is 11.4. The first-order valence-corrected chi connectivity index (χ1v) is 5.35. The van der Waals surface area contributed by atoms with Gasteiger partial charge >= 0.3 is 0 Å². The van der Waals surface area contributed by atoms with Crippen LogP contribution in [0.2, 0.25) is 0 Å². The van der Waals surface area contributed by atoms with Gasteiger partial charge in [-0.15, -0.1) is 0 Å². The molecule has 0 spiro atoms. The fourth-order valence-corrected chi connectivity index (χ4v) is 1.66. The van der Waals surface area contributed by atoms with Gasteiger partial charge < -0.3 is 10.8 Å². The van der Waals surface area contributed by atoms with Crippen LogP contribution in [0.5, 0.6) is 0 Å². The summed E-state index contributed by atoms with van der Waals surface area (Å²) in [6.07, 6.45) is -0.565. The summed E-state index contributed by atoms with van der Waals surface area (Å²) in [5.41, 5.74) is 8.59. The van der Waals surface area contributed by atoms with Crippen molar-refractivity contribution in [2.45, 2.75) is 6.10 Å². The minimum atomic E-state index is -0.565. The number of rotatable bonds is 3. The largest absolute Gasteiger partial charge is 0.387 e. The SMILES string of the molecule is NCC(O)c1ccc(-c2ccccc2)cc1. The lowest BCUT2D eigenvalue weighted by atomic mass is 10.0. The highest BCUT2D eigenvalue weighted by Gasteiger charge is 2.04. The predicted octanol–water partition coefficient (Wildman–Crippen LogP) is 2.35. The molecular formula is C14H15NO. The van der Waals surface area contributed by atoms with Crippen molar-refractivity contribution >= 4 is 0 Å². The van der Waals surface area contributed by atoms with Gasteiger partial charge in [-0.25, -0.2) is 0 Å². The van der Waals surface area contributed by atoms with Crippen LogP contribution < -0.4 is 5.73 Å². The van der Waals surface area contributed by atoms with Crippen LogP contribution in [0.25, 0.3) is 11.1 Å². The number of nitrogens with two attached hydrogens (primary N) is 1. The predicted molar refractivity (Wildman–Crippen MR) is 65.9 cm³/mol. The maximum Gasteiger partial charge on any atom is 0.0912 e. The van der Waals surface area contributed by atoms with Crippen LogP contribution in [0, 0.1) is 0 Å². The van der Waals surface area contributed by atoms with Crippen LogP contribution in [0.15, 0.2) is 54.6 Å². The Hall–Kier alpha value is -1.64. The molecule has 0 fully saturated rings. The first-order valence-electron chi connectivity index (χ1n) is 5.35. The van der Waals surface area contributed by atoms with Crippen LogP contribution in [0.4, 0.5) is 0 Å². The lowest BCUT2D eigenvalue weighted by molar-refractivity contribution is 0.187. The number of hydrogen-bond acceptors (Lipinski definition) is 2. The van der Waals surface area contributed by atoms with Gasteiger partial charge in [0.15, 0.2) is 0 Å². The molecule has 3 N–H and O–H groups in total. The summed E-state index contributed by atoms with van der Waals surface area (Å²) >= 11 is 0. The van der Waals surface area contributed by atoms with Crippen molar-refractivity contribution in [3.63, 3.8) is 0 Å². The maximum absolute atomic E-state index is 9.57. The average molecular weight is 213 g/mol. The molecule has 82 valence electrons. The standard InChI is InChI=1S/C14H15NO/c15-10-14(16)13-8-6-12(7-9-13)11-4-2-1-3-5-11/h1-9,14,16H,10,15H2. The minimum Gasteiger partial charge on any atom is -0.387 e. The Balaban J connectivity index is 2.26. The molecule has 2 aromatic rings. The Morgan fingerprint density at radius 2 is 1.44 bits per heavy atom. The Morgan fingerprint density at radius 1 is 0.875 bits per heavy atom. The van der Waals surface area contributed by atoms with E-state index in [1.807, 2.05) is 42.5 Å². The Labute approximate surface area is 95.4 Å². The summed E-state index contributed by atoms with van der Waals surface area (Å²) in [7, 11) is 0. The van der Waals surface area contributed by atoms with Crippen molar-refractivity contribution in [2.75, 3.05) is 6.54 Å². The molecular weight excluding hydrogens is 198 g/mol. The van der Waals surface area contributed by atoms with Gasteiger partial charge in [0, 0.05) is 6.54 Å². The molecule has 0 aliphatic carbocycles. The highest BCUT2D eigenvalue weighted by Crippen LogP contribution is 2.21. The molecule has 2 nitrogen and oxygen atoms in total. The second kappa shape index (κ2) is 4.92. The van der Waals surface area contributed by atoms with E-state index in [9.17, 15) is 5.11 Å². The highest BCUT2D eigenvalue weighted by molar-refractivity contribution is 5.63. The van der Waals surface area contributed by atoms with Gasteiger partial charge in [0.05, 0.1) is 6.10 Å². The molecule has 2 rings (SSSR count). The van der Waals surface area contributed by atoms with Crippen LogP contribution in [-0.2, 0) is 0 Å². The first-order chi connectivity index (χ1) is 7.81.